The molecule has 0 aliphatic heterocycles. The smallest absolute Gasteiger partial charge is 0.186 e. The molecule has 0 bridgehead atoms. The first-order chi connectivity index (χ1) is 7.13. The number of nitrogens with one attached hydrogen (secondary N) is 2. The molecule has 1 heterocycles. The average Bonchev–Trinajstić information content (AvgIpc) is 2.26. The molecule has 0 saturated carbocycles. The molecule has 5 heteroatoms. The molecule has 0 aromatic carbocycles. The Morgan fingerprint density at radius 2 is 2.20 bits per heavy atom. The minimum absolute atomic E-state index is 0.495. The fourth-order valence-electron chi connectivity index (χ4n) is 0.937. The molecule has 0 spiro atoms. The van der Waals surface area contributed by atoms with Gasteiger partial charge in [0.2, 0.25) is 0 Å². The van der Waals surface area contributed by atoms with Gasteiger partial charge in [-0.1, -0.05) is 0 Å². The van der Waals surface area contributed by atoms with Crippen molar-refractivity contribution in [1.29, 1.82) is 0 Å². The summed E-state index contributed by atoms with van der Waals surface area (Å²) in [6, 6.07) is 3.93. The molecule has 0 aliphatic rings. The summed E-state index contributed by atoms with van der Waals surface area (Å²) in [5.74, 6) is 0. The van der Waals surface area contributed by atoms with Gasteiger partial charge in [0.05, 0.1) is 5.71 Å². The zero-order valence-electron chi connectivity index (χ0n) is 9.03. The van der Waals surface area contributed by atoms with E-state index in [0.29, 0.717) is 5.11 Å². The summed E-state index contributed by atoms with van der Waals surface area (Å²) >= 11 is 4.90. The summed E-state index contributed by atoms with van der Waals surface area (Å²) < 4.78 is 0. The van der Waals surface area contributed by atoms with Gasteiger partial charge < -0.3 is 5.32 Å². The van der Waals surface area contributed by atoms with Crippen LogP contribution in [0.15, 0.2) is 23.4 Å². The summed E-state index contributed by atoms with van der Waals surface area (Å²) in [5, 5.41) is 7.39. The van der Waals surface area contributed by atoms with E-state index in [1.807, 2.05) is 26.0 Å². The molecular weight excluding hydrogens is 208 g/mol. The molecule has 1 aromatic rings. The fraction of sp³-hybridized carbons (Fsp3) is 0.300. The van der Waals surface area contributed by atoms with Crippen molar-refractivity contribution in [2.75, 3.05) is 7.05 Å². The number of thiocarbonyl (C=S) groups is 1. The predicted octanol–water partition coefficient (Wildman–Crippen LogP) is 1.21. The maximum absolute atomic E-state index is 4.90. The van der Waals surface area contributed by atoms with Gasteiger partial charge in [0.15, 0.2) is 5.11 Å². The first-order valence-electron chi connectivity index (χ1n) is 4.58. The van der Waals surface area contributed by atoms with Crippen LogP contribution in [-0.2, 0) is 0 Å². The molecule has 1 rings (SSSR count). The van der Waals surface area contributed by atoms with E-state index in [-0.39, 0.29) is 0 Å². The van der Waals surface area contributed by atoms with Gasteiger partial charge in [0.1, 0.15) is 0 Å². The zero-order valence-corrected chi connectivity index (χ0v) is 9.85. The largest absolute Gasteiger partial charge is 0.364 e. The topological polar surface area (TPSA) is 49.3 Å². The molecule has 2 N–H and O–H groups in total. The van der Waals surface area contributed by atoms with E-state index in [9.17, 15) is 0 Å². The monoisotopic (exact) mass is 222 g/mol. The number of aromatic nitrogens is 1. The van der Waals surface area contributed by atoms with Gasteiger partial charge in [-0.2, -0.15) is 5.10 Å². The van der Waals surface area contributed by atoms with E-state index in [4.69, 9.17) is 12.2 Å². The van der Waals surface area contributed by atoms with Crippen LogP contribution in [-0.4, -0.2) is 22.9 Å². The first kappa shape index (κ1) is 11.6. The molecule has 15 heavy (non-hydrogen) atoms. The quantitative estimate of drug-likeness (QED) is 0.448. The number of pyridine rings is 1. The van der Waals surface area contributed by atoms with E-state index < -0.39 is 0 Å². The number of hydrogen-bond acceptors (Lipinski definition) is 3. The molecule has 0 saturated heterocycles. The van der Waals surface area contributed by atoms with Crippen molar-refractivity contribution >= 4 is 23.0 Å². The lowest BCUT2D eigenvalue weighted by Gasteiger charge is -2.03. The van der Waals surface area contributed by atoms with Crippen LogP contribution in [0.4, 0.5) is 0 Å². The van der Waals surface area contributed by atoms with Gasteiger partial charge >= 0.3 is 0 Å². The molecular formula is C10H14N4S. The summed E-state index contributed by atoms with van der Waals surface area (Å²) in [4.78, 5) is 4.19. The summed E-state index contributed by atoms with van der Waals surface area (Å²) in [5.41, 5.74) is 5.54. The summed E-state index contributed by atoms with van der Waals surface area (Å²) in [6.07, 6.45) is 1.79. The molecule has 4 nitrogen and oxygen atoms in total. The van der Waals surface area contributed by atoms with Crippen LogP contribution in [0.1, 0.15) is 18.2 Å². The average molecular weight is 222 g/mol. The van der Waals surface area contributed by atoms with Crippen LogP contribution in [0, 0.1) is 6.92 Å². The molecule has 80 valence electrons. The highest BCUT2D eigenvalue weighted by molar-refractivity contribution is 7.80. The Labute approximate surface area is 94.8 Å². The van der Waals surface area contributed by atoms with E-state index in [0.717, 1.165) is 17.0 Å². The van der Waals surface area contributed by atoms with Crippen molar-refractivity contribution in [2.24, 2.45) is 5.10 Å². The van der Waals surface area contributed by atoms with Crippen molar-refractivity contribution in [2.45, 2.75) is 13.8 Å². The number of nitrogens with zero attached hydrogens (tertiary/aromatic N) is 2. The van der Waals surface area contributed by atoms with Gasteiger partial charge in [-0.05, 0) is 38.2 Å². The number of aryl methyl sites for hydroxylation is 1. The van der Waals surface area contributed by atoms with Crippen molar-refractivity contribution in [3.8, 4) is 0 Å². The third-order valence-corrected chi connectivity index (χ3v) is 2.18. The minimum atomic E-state index is 0.495. The van der Waals surface area contributed by atoms with E-state index in [1.165, 1.54) is 0 Å². The standard InChI is InChI=1S/C10H14N4S/c1-7-4-5-9(6-12-7)8(2)13-14-10(15)11-3/h4-6H,1-3H3,(H2,11,14,15)/b13-8+. The maximum atomic E-state index is 4.90. The van der Waals surface area contributed by atoms with Gasteiger partial charge in [0, 0.05) is 24.5 Å². The van der Waals surface area contributed by atoms with Crippen molar-refractivity contribution in [3.05, 3.63) is 29.6 Å². The van der Waals surface area contributed by atoms with Gasteiger partial charge in [-0.15, -0.1) is 0 Å². The van der Waals surface area contributed by atoms with E-state index in [2.05, 4.69) is 20.8 Å². The molecule has 0 radical (unpaired) electrons. The molecule has 1 aromatic heterocycles. The van der Waals surface area contributed by atoms with Crippen LogP contribution in [0.25, 0.3) is 0 Å². The lowest BCUT2D eigenvalue weighted by Crippen LogP contribution is -2.29. The molecule has 0 fully saturated rings. The van der Waals surface area contributed by atoms with Crippen LogP contribution in [0.3, 0.4) is 0 Å². The highest BCUT2D eigenvalue weighted by Crippen LogP contribution is 2.00. The molecule has 0 amide bonds. The van der Waals surface area contributed by atoms with Crippen LogP contribution in [0.5, 0.6) is 0 Å². The Balaban J connectivity index is 2.71. The Morgan fingerprint density at radius 3 is 2.73 bits per heavy atom. The van der Waals surface area contributed by atoms with Crippen molar-refractivity contribution < 1.29 is 0 Å². The minimum Gasteiger partial charge on any atom is -0.364 e. The van der Waals surface area contributed by atoms with Crippen molar-refractivity contribution in [3.63, 3.8) is 0 Å². The van der Waals surface area contributed by atoms with Gasteiger partial charge in [-0.25, -0.2) is 0 Å². The van der Waals surface area contributed by atoms with Crippen LogP contribution in [0.2, 0.25) is 0 Å². The maximum Gasteiger partial charge on any atom is 0.186 e. The number of rotatable bonds is 2. The Kier molecular flexibility index (Phi) is 4.17. The second-order valence-corrected chi connectivity index (χ2v) is 3.48. The van der Waals surface area contributed by atoms with Crippen LogP contribution < -0.4 is 10.7 Å². The number of hydrogen-bond donors (Lipinski definition) is 2. The Bertz CT molecular complexity index is 370. The molecule has 0 aliphatic carbocycles. The number of hydrazone groups is 1. The highest BCUT2D eigenvalue weighted by atomic mass is 32.1. The predicted molar refractivity (Wildman–Crippen MR) is 66.0 cm³/mol. The fourth-order valence-corrected chi connectivity index (χ4v) is 0.983. The molecule has 0 atom stereocenters. The lowest BCUT2D eigenvalue weighted by molar-refractivity contribution is 0.973. The highest BCUT2D eigenvalue weighted by Gasteiger charge is 1.97. The summed E-state index contributed by atoms with van der Waals surface area (Å²) in [7, 11) is 1.74. The van der Waals surface area contributed by atoms with E-state index in [1.54, 1.807) is 13.2 Å². The van der Waals surface area contributed by atoms with Crippen molar-refractivity contribution in [1.82, 2.24) is 15.7 Å². The third kappa shape index (κ3) is 3.63. The zero-order chi connectivity index (χ0) is 11.3. The van der Waals surface area contributed by atoms with Crippen LogP contribution >= 0.6 is 12.2 Å². The van der Waals surface area contributed by atoms with Gasteiger partial charge in [0.25, 0.3) is 0 Å². The Morgan fingerprint density at radius 1 is 1.47 bits per heavy atom. The molecule has 0 unspecified atom stereocenters. The first-order valence-corrected chi connectivity index (χ1v) is 4.99. The SMILES string of the molecule is CNC(=S)N/N=C(\C)c1ccc(C)nc1. The summed E-state index contributed by atoms with van der Waals surface area (Å²) in [6.45, 7) is 3.85. The second-order valence-electron chi connectivity index (χ2n) is 3.08. The normalized spacial score (nSPS) is 11.0. The van der Waals surface area contributed by atoms with Gasteiger partial charge in [-0.3, -0.25) is 10.4 Å². The third-order valence-electron chi connectivity index (χ3n) is 1.88. The lowest BCUT2D eigenvalue weighted by atomic mass is 10.2. The Hall–Kier alpha value is -1.49. The second kappa shape index (κ2) is 5.41. The van der Waals surface area contributed by atoms with E-state index >= 15 is 0 Å².